The second kappa shape index (κ2) is 3.95. The Morgan fingerprint density at radius 1 is 1.31 bits per heavy atom. The third-order valence-electron chi connectivity index (χ3n) is 4.01. The van der Waals surface area contributed by atoms with Gasteiger partial charge in [-0.05, 0) is 53.5 Å². The number of hydrogen-bond acceptors (Lipinski definition) is 2. The Morgan fingerprint density at radius 2 is 2.00 bits per heavy atom. The lowest BCUT2D eigenvalue weighted by Gasteiger charge is -2.31. The molecule has 0 saturated carbocycles. The third-order valence-corrected chi connectivity index (χ3v) is 4.01. The van der Waals surface area contributed by atoms with Crippen LogP contribution in [0.4, 0.5) is 4.39 Å². The Hall–Kier alpha value is -0.150. The van der Waals surface area contributed by atoms with E-state index in [0.29, 0.717) is 0 Å². The lowest BCUT2D eigenvalue weighted by Crippen LogP contribution is -2.43. The van der Waals surface area contributed by atoms with E-state index in [-0.39, 0.29) is 23.2 Å². The summed E-state index contributed by atoms with van der Waals surface area (Å²) < 4.78 is 20.5. The fraction of sp³-hybridized carbons (Fsp3) is 1.00. The highest BCUT2D eigenvalue weighted by molar-refractivity contribution is 5.01. The van der Waals surface area contributed by atoms with Crippen LogP contribution in [0.5, 0.6) is 0 Å². The Bertz CT molecular complexity index is 259. The molecular formula is C13H24FNO. The van der Waals surface area contributed by atoms with Gasteiger partial charge in [0.05, 0.1) is 11.2 Å². The van der Waals surface area contributed by atoms with Gasteiger partial charge in [-0.1, -0.05) is 0 Å². The Balaban J connectivity index is 2.08. The van der Waals surface area contributed by atoms with Crippen molar-refractivity contribution in [3.8, 4) is 0 Å². The van der Waals surface area contributed by atoms with Gasteiger partial charge in [0.1, 0.15) is 6.17 Å². The zero-order valence-corrected chi connectivity index (χ0v) is 10.8. The second-order valence-corrected chi connectivity index (χ2v) is 6.42. The Morgan fingerprint density at radius 3 is 2.44 bits per heavy atom. The summed E-state index contributed by atoms with van der Waals surface area (Å²) in [7, 11) is 0. The number of hydrogen-bond donors (Lipinski definition) is 1. The number of halogens is 1. The number of nitrogens with one attached hydrogen (secondary N) is 1. The maximum Gasteiger partial charge on any atom is 0.121 e. The molecule has 1 N–H and O–H groups in total. The second-order valence-electron chi connectivity index (χ2n) is 6.42. The summed E-state index contributed by atoms with van der Waals surface area (Å²) in [6.45, 7) is 9.12. The molecule has 0 radical (unpaired) electrons. The van der Waals surface area contributed by atoms with Gasteiger partial charge in [-0.25, -0.2) is 4.39 Å². The largest absolute Gasteiger partial charge is 0.369 e. The number of rotatable bonds is 2. The monoisotopic (exact) mass is 229 g/mol. The molecule has 3 atom stereocenters. The maximum atomic E-state index is 14.5. The van der Waals surface area contributed by atoms with Gasteiger partial charge >= 0.3 is 0 Å². The van der Waals surface area contributed by atoms with Crippen molar-refractivity contribution >= 4 is 0 Å². The van der Waals surface area contributed by atoms with E-state index in [1.165, 1.54) is 0 Å². The average Bonchev–Trinajstić information content (AvgIpc) is 2.69. The first-order valence-electron chi connectivity index (χ1n) is 6.39. The minimum Gasteiger partial charge on any atom is -0.369 e. The predicted octanol–water partition coefficient (Wildman–Crippen LogP) is 2.67. The van der Waals surface area contributed by atoms with E-state index in [4.69, 9.17) is 4.74 Å². The predicted molar refractivity (Wildman–Crippen MR) is 63.3 cm³/mol. The van der Waals surface area contributed by atoms with Crippen molar-refractivity contribution in [1.29, 1.82) is 0 Å². The zero-order valence-electron chi connectivity index (χ0n) is 10.8. The highest BCUT2D eigenvalue weighted by atomic mass is 19.1. The molecule has 2 rings (SSSR count). The third kappa shape index (κ3) is 2.25. The minimum absolute atomic E-state index is 0.0121. The van der Waals surface area contributed by atoms with E-state index in [1.807, 2.05) is 13.8 Å². The van der Waals surface area contributed by atoms with Gasteiger partial charge in [-0.2, -0.15) is 0 Å². The summed E-state index contributed by atoms with van der Waals surface area (Å²) in [6.07, 6.45) is 2.11. The SMILES string of the molecule is CC1(C)CC(C(F)C2CCCN2)C(C)(C)O1. The van der Waals surface area contributed by atoms with Crippen LogP contribution in [-0.4, -0.2) is 30.0 Å². The van der Waals surface area contributed by atoms with Gasteiger partial charge in [0.2, 0.25) is 0 Å². The van der Waals surface area contributed by atoms with Crippen molar-refractivity contribution < 1.29 is 9.13 Å². The smallest absolute Gasteiger partial charge is 0.121 e. The standard InChI is InChI=1S/C13H24FNO/c1-12(2)8-9(13(3,4)16-12)11(14)10-6-5-7-15-10/h9-11,15H,5-8H2,1-4H3. The number of alkyl halides is 1. The first kappa shape index (κ1) is 12.3. The molecule has 3 unspecified atom stereocenters. The highest BCUT2D eigenvalue weighted by Gasteiger charge is 2.51. The van der Waals surface area contributed by atoms with Gasteiger partial charge < -0.3 is 10.1 Å². The summed E-state index contributed by atoms with van der Waals surface area (Å²) in [6, 6.07) is 0.0433. The van der Waals surface area contributed by atoms with Gasteiger partial charge in [-0.15, -0.1) is 0 Å². The van der Waals surface area contributed by atoms with Gasteiger partial charge in [-0.3, -0.25) is 0 Å². The minimum atomic E-state index is -0.778. The zero-order chi connectivity index (χ0) is 12.0. The maximum absolute atomic E-state index is 14.5. The van der Waals surface area contributed by atoms with Crippen molar-refractivity contribution in [3.63, 3.8) is 0 Å². The van der Waals surface area contributed by atoms with Crippen LogP contribution in [-0.2, 0) is 4.74 Å². The van der Waals surface area contributed by atoms with Gasteiger partial charge in [0, 0.05) is 12.0 Å². The van der Waals surface area contributed by atoms with Crippen molar-refractivity contribution in [2.24, 2.45) is 5.92 Å². The average molecular weight is 229 g/mol. The van der Waals surface area contributed by atoms with Crippen LogP contribution in [0.15, 0.2) is 0 Å². The molecule has 3 heteroatoms. The lowest BCUT2D eigenvalue weighted by molar-refractivity contribution is -0.0831. The van der Waals surface area contributed by atoms with Crippen LogP contribution >= 0.6 is 0 Å². The molecule has 2 aliphatic rings. The Kier molecular flexibility index (Phi) is 3.04. The van der Waals surface area contributed by atoms with Crippen molar-refractivity contribution in [1.82, 2.24) is 5.32 Å². The normalized spacial score (nSPS) is 38.8. The summed E-state index contributed by atoms with van der Waals surface area (Å²) in [5, 5.41) is 3.27. The molecule has 0 aliphatic carbocycles. The van der Waals surface area contributed by atoms with E-state index >= 15 is 0 Å². The molecule has 2 nitrogen and oxygen atoms in total. The molecule has 0 aromatic carbocycles. The molecule has 2 saturated heterocycles. The number of ether oxygens (including phenoxy) is 1. The van der Waals surface area contributed by atoms with E-state index < -0.39 is 6.17 Å². The van der Waals surface area contributed by atoms with Crippen molar-refractivity contribution in [2.45, 2.75) is 70.4 Å². The molecule has 0 bridgehead atoms. The van der Waals surface area contributed by atoms with Crippen LogP contribution in [0.25, 0.3) is 0 Å². The van der Waals surface area contributed by atoms with Crippen LogP contribution in [0.1, 0.15) is 47.0 Å². The molecule has 0 aromatic heterocycles. The first-order valence-corrected chi connectivity index (χ1v) is 6.39. The molecule has 2 fully saturated rings. The fourth-order valence-corrected chi connectivity index (χ4v) is 3.36. The molecule has 94 valence electrons. The molecule has 0 amide bonds. The highest BCUT2D eigenvalue weighted by Crippen LogP contribution is 2.45. The van der Waals surface area contributed by atoms with Gasteiger partial charge in [0.15, 0.2) is 0 Å². The topological polar surface area (TPSA) is 21.3 Å². The van der Waals surface area contributed by atoms with E-state index in [9.17, 15) is 4.39 Å². The molecule has 0 aromatic rings. The molecule has 2 aliphatic heterocycles. The molecule has 0 spiro atoms. The van der Waals surface area contributed by atoms with E-state index in [0.717, 1.165) is 25.8 Å². The molecule has 2 heterocycles. The van der Waals surface area contributed by atoms with Crippen LogP contribution < -0.4 is 5.32 Å². The molecular weight excluding hydrogens is 205 g/mol. The summed E-state index contributed by atoms with van der Waals surface area (Å²) in [5.74, 6) is 0.0121. The van der Waals surface area contributed by atoms with Crippen molar-refractivity contribution in [2.75, 3.05) is 6.54 Å². The molecule has 16 heavy (non-hydrogen) atoms. The summed E-state index contributed by atoms with van der Waals surface area (Å²) in [5.41, 5.74) is -0.524. The summed E-state index contributed by atoms with van der Waals surface area (Å²) in [4.78, 5) is 0. The quantitative estimate of drug-likeness (QED) is 0.786. The van der Waals surface area contributed by atoms with E-state index in [2.05, 4.69) is 19.2 Å². The summed E-state index contributed by atoms with van der Waals surface area (Å²) >= 11 is 0. The lowest BCUT2D eigenvalue weighted by atomic mass is 9.81. The first-order chi connectivity index (χ1) is 7.32. The van der Waals surface area contributed by atoms with Crippen LogP contribution in [0.2, 0.25) is 0 Å². The van der Waals surface area contributed by atoms with Gasteiger partial charge in [0.25, 0.3) is 0 Å². The van der Waals surface area contributed by atoms with Crippen LogP contribution in [0.3, 0.4) is 0 Å². The van der Waals surface area contributed by atoms with Crippen LogP contribution in [0, 0.1) is 5.92 Å². The van der Waals surface area contributed by atoms with Crippen molar-refractivity contribution in [3.05, 3.63) is 0 Å². The Labute approximate surface area is 97.9 Å². The fourth-order valence-electron chi connectivity index (χ4n) is 3.36. The van der Waals surface area contributed by atoms with E-state index in [1.54, 1.807) is 0 Å².